The maximum Gasteiger partial charge on any atom is 0.136 e. The molecule has 138 valence electrons. The quantitative estimate of drug-likeness (QED) is 0.659. The maximum absolute atomic E-state index is 5.42. The molecule has 0 amide bonds. The number of morpholine rings is 1. The van der Waals surface area contributed by atoms with Crippen molar-refractivity contribution in [2.75, 3.05) is 31.2 Å². The van der Waals surface area contributed by atoms with Gasteiger partial charge >= 0.3 is 0 Å². The Morgan fingerprint density at radius 1 is 1.04 bits per heavy atom. The van der Waals surface area contributed by atoms with Crippen LogP contribution in [-0.2, 0) is 4.74 Å². The number of ether oxygens (including phenoxy) is 1. The third-order valence-corrected chi connectivity index (χ3v) is 4.93. The van der Waals surface area contributed by atoms with Gasteiger partial charge in [0.2, 0.25) is 0 Å². The van der Waals surface area contributed by atoms with Crippen LogP contribution >= 0.6 is 0 Å². The summed E-state index contributed by atoms with van der Waals surface area (Å²) >= 11 is 0. The third kappa shape index (κ3) is 3.78. The van der Waals surface area contributed by atoms with Crippen LogP contribution < -0.4 is 4.90 Å². The van der Waals surface area contributed by atoms with E-state index in [9.17, 15) is 0 Å². The number of hydrogen-bond donors (Lipinski definition) is 0. The van der Waals surface area contributed by atoms with E-state index in [0.717, 1.165) is 54.8 Å². The molecule has 0 N–H and O–H groups in total. The van der Waals surface area contributed by atoms with Gasteiger partial charge < -0.3 is 14.2 Å². The fourth-order valence-electron chi connectivity index (χ4n) is 3.47. The molecule has 0 spiro atoms. The predicted molar refractivity (Wildman–Crippen MR) is 110 cm³/mol. The molecule has 1 saturated heterocycles. The average Bonchev–Trinajstić information content (AvgIpc) is 3.01. The molecule has 0 atom stereocenters. The van der Waals surface area contributed by atoms with Crippen LogP contribution in [0.5, 0.6) is 0 Å². The standard InChI is InChI=1S/C22H24N4O/c1-17-15-19(18(2)26(17)22-5-3-4-10-23-22)16-24-20-6-8-21(9-7-20)25-11-13-27-14-12-25/h3-10,15-16H,11-14H2,1-2H3. The highest BCUT2D eigenvalue weighted by Gasteiger charge is 2.11. The van der Waals surface area contributed by atoms with Crippen molar-refractivity contribution in [3.8, 4) is 5.82 Å². The van der Waals surface area contributed by atoms with Gasteiger partial charge in [0.1, 0.15) is 5.82 Å². The molecule has 0 bridgehead atoms. The number of aromatic nitrogens is 2. The van der Waals surface area contributed by atoms with E-state index >= 15 is 0 Å². The van der Waals surface area contributed by atoms with E-state index in [2.05, 4.69) is 63.6 Å². The van der Waals surface area contributed by atoms with E-state index in [1.807, 2.05) is 30.6 Å². The molecule has 4 rings (SSSR count). The second-order valence-corrected chi connectivity index (χ2v) is 6.72. The Morgan fingerprint density at radius 3 is 2.52 bits per heavy atom. The molecule has 3 heterocycles. The Bertz CT molecular complexity index is 923. The lowest BCUT2D eigenvalue weighted by molar-refractivity contribution is 0.122. The Morgan fingerprint density at radius 2 is 1.81 bits per heavy atom. The van der Waals surface area contributed by atoms with Crippen LogP contribution in [0, 0.1) is 13.8 Å². The lowest BCUT2D eigenvalue weighted by Crippen LogP contribution is -2.36. The van der Waals surface area contributed by atoms with Gasteiger partial charge in [-0.15, -0.1) is 0 Å². The van der Waals surface area contributed by atoms with Gasteiger partial charge in [0.25, 0.3) is 0 Å². The molecule has 27 heavy (non-hydrogen) atoms. The zero-order chi connectivity index (χ0) is 18.6. The minimum absolute atomic E-state index is 0.797. The highest BCUT2D eigenvalue weighted by atomic mass is 16.5. The zero-order valence-electron chi connectivity index (χ0n) is 15.8. The van der Waals surface area contributed by atoms with Crippen molar-refractivity contribution in [2.24, 2.45) is 4.99 Å². The molecular formula is C22H24N4O. The molecule has 1 aromatic carbocycles. The first kappa shape index (κ1) is 17.5. The summed E-state index contributed by atoms with van der Waals surface area (Å²) in [4.78, 5) is 11.5. The molecule has 1 fully saturated rings. The zero-order valence-corrected chi connectivity index (χ0v) is 15.8. The van der Waals surface area contributed by atoms with Crippen LogP contribution in [-0.4, -0.2) is 42.1 Å². The van der Waals surface area contributed by atoms with E-state index in [4.69, 9.17) is 4.74 Å². The summed E-state index contributed by atoms with van der Waals surface area (Å²) in [5.41, 5.74) is 5.57. The molecule has 0 aliphatic carbocycles. The smallest absolute Gasteiger partial charge is 0.136 e. The number of nitrogens with zero attached hydrogens (tertiary/aromatic N) is 4. The molecule has 0 radical (unpaired) electrons. The Kier molecular flexibility index (Phi) is 5.03. The van der Waals surface area contributed by atoms with Crippen molar-refractivity contribution in [1.82, 2.24) is 9.55 Å². The van der Waals surface area contributed by atoms with Crippen LogP contribution in [0.25, 0.3) is 5.82 Å². The van der Waals surface area contributed by atoms with Gasteiger partial charge in [0.05, 0.1) is 18.9 Å². The second-order valence-electron chi connectivity index (χ2n) is 6.72. The third-order valence-electron chi connectivity index (χ3n) is 4.93. The van der Waals surface area contributed by atoms with Crippen molar-refractivity contribution >= 4 is 17.6 Å². The number of aryl methyl sites for hydroxylation is 1. The minimum Gasteiger partial charge on any atom is -0.378 e. The molecule has 2 aromatic heterocycles. The largest absolute Gasteiger partial charge is 0.378 e. The molecule has 5 nitrogen and oxygen atoms in total. The van der Waals surface area contributed by atoms with E-state index in [-0.39, 0.29) is 0 Å². The monoisotopic (exact) mass is 360 g/mol. The number of rotatable bonds is 4. The number of aliphatic imine (C=N–C) groups is 1. The molecule has 5 heteroatoms. The first-order chi connectivity index (χ1) is 13.2. The number of hydrogen-bond acceptors (Lipinski definition) is 4. The summed E-state index contributed by atoms with van der Waals surface area (Å²) in [6.07, 6.45) is 3.75. The summed E-state index contributed by atoms with van der Waals surface area (Å²) in [5, 5.41) is 0. The van der Waals surface area contributed by atoms with Crippen molar-refractivity contribution in [3.05, 3.63) is 71.7 Å². The summed E-state index contributed by atoms with van der Waals surface area (Å²) in [6, 6.07) is 16.5. The van der Waals surface area contributed by atoms with Gasteiger partial charge in [-0.2, -0.15) is 0 Å². The van der Waals surface area contributed by atoms with Crippen LogP contribution in [0.1, 0.15) is 17.0 Å². The summed E-state index contributed by atoms with van der Waals surface area (Å²) in [6.45, 7) is 7.68. The molecule has 1 aliphatic rings. The SMILES string of the molecule is Cc1cc(C=Nc2ccc(N3CCOCC3)cc2)c(C)n1-c1ccccn1. The van der Waals surface area contributed by atoms with Crippen LogP contribution in [0.15, 0.2) is 59.7 Å². The van der Waals surface area contributed by atoms with Crippen LogP contribution in [0.3, 0.4) is 0 Å². The topological polar surface area (TPSA) is 42.6 Å². The lowest BCUT2D eigenvalue weighted by Gasteiger charge is -2.28. The van der Waals surface area contributed by atoms with Crippen molar-refractivity contribution < 1.29 is 4.74 Å². The number of anilines is 1. The first-order valence-corrected chi connectivity index (χ1v) is 9.29. The van der Waals surface area contributed by atoms with Gasteiger partial charge in [-0.1, -0.05) is 6.07 Å². The Hall–Kier alpha value is -2.92. The van der Waals surface area contributed by atoms with Gasteiger partial charge in [-0.25, -0.2) is 4.98 Å². The van der Waals surface area contributed by atoms with Gasteiger partial charge in [0, 0.05) is 48.1 Å². The Labute approximate surface area is 160 Å². The van der Waals surface area contributed by atoms with Gasteiger partial charge in [0.15, 0.2) is 0 Å². The normalized spacial score (nSPS) is 14.8. The van der Waals surface area contributed by atoms with Crippen molar-refractivity contribution in [1.29, 1.82) is 0 Å². The molecule has 0 saturated carbocycles. The fraction of sp³-hybridized carbons (Fsp3) is 0.273. The fourth-order valence-corrected chi connectivity index (χ4v) is 3.47. The molecule has 1 aliphatic heterocycles. The summed E-state index contributed by atoms with van der Waals surface area (Å²) in [5.74, 6) is 0.932. The van der Waals surface area contributed by atoms with E-state index in [0.29, 0.717) is 0 Å². The van der Waals surface area contributed by atoms with E-state index in [1.54, 1.807) is 0 Å². The van der Waals surface area contributed by atoms with Crippen LogP contribution in [0.4, 0.5) is 11.4 Å². The lowest BCUT2D eigenvalue weighted by atomic mass is 10.2. The average molecular weight is 360 g/mol. The highest BCUT2D eigenvalue weighted by Crippen LogP contribution is 2.22. The summed E-state index contributed by atoms with van der Waals surface area (Å²) < 4.78 is 7.57. The second kappa shape index (κ2) is 7.76. The Balaban J connectivity index is 1.53. The van der Waals surface area contributed by atoms with E-state index in [1.165, 1.54) is 5.69 Å². The molecular weight excluding hydrogens is 336 g/mol. The van der Waals surface area contributed by atoms with E-state index < -0.39 is 0 Å². The maximum atomic E-state index is 5.42. The minimum atomic E-state index is 0.797. The van der Waals surface area contributed by atoms with Gasteiger partial charge in [-0.05, 0) is 56.3 Å². The summed E-state index contributed by atoms with van der Waals surface area (Å²) in [7, 11) is 0. The highest BCUT2D eigenvalue weighted by molar-refractivity contribution is 5.84. The van der Waals surface area contributed by atoms with Gasteiger partial charge in [-0.3, -0.25) is 4.99 Å². The number of pyridine rings is 1. The molecule has 0 unspecified atom stereocenters. The predicted octanol–water partition coefficient (Wildman–Crippen LogP) is 4.08. The number of benzene rings is 1. The first-order valence-electron chi connectivity index (χ1n) is 9.29. The van der Waals surface area contributed by atoms with Crippen molar-refractivity contribution in [2.45, 2.75) is 13.8 Å². The van der Waals surface area contributed by atoms with Crippen LogP contribution in [0.2, 0.25) is 0 Å². The van der Waals surface area contributed by atoms with Crippen molar-refractivity contribution in [3.63, 3.8) is 0 Å². The molecule has 3 aromatic rings.